The number of H-pyrrole nitrogens is 1. The Balaban J connectivity index is 3.38. The van der Waals surface area contributed by atoms with Crippen molar-refractivity contribution in [2.75, 3.05) is 14.1 Å². The van der Waals surface area contributed by atoms with Crippen LogP contribution in [0, 0.1) is 6.92 Å². The first-order valence-corrected chi connectivity index (χ1v) is 5.61. The number of carbonyl (C=O) groups is 1. The monoisotopic (exact) mass is 251 g/mol. The summed E-state index contributed by atoms with van der Waals surface area (Å²) in [6.07, 6.45) is 2.87. The maximum absolute atomic E-state index is 11.9. The predicted molar refractivity (Wildman–Crippen MR) is 68.9 cm³/mol. The number of hydrogen-bond acceptors (Lipinski definition) is 4. The lowest BCUT2D eigenvalue weighted by atomic mass is 10.1. The summed E-state index contributed by atoms with van der Waals surface area (Å²) >= 11 is 0. The van der Waals surface area contributed by atoms with Crippen LogP contribution in [0.3, 0.4) is 0 Å². The summed E-state index contributed by atoms with van der Waals surface area (Å²) in [4.78, 5) is 38.9. The molecule has 98 valence electrons. The van der Waals surface area contributed by atoms with Gasteiger partial charge >= 0.3 is 5.69 Å². The van der Waals surface area contributed by atoms with E-state index in [1.54, 1.807) is 39.0 Å². The molecular weight excluding hydrogens is 234 g/mol. The molecule has 0 aromatic carbocycles. The second-order valence-corrected chi connectivity index (χ2v) is 4.11. The van der Waals surface area contributed by atoms with E-state index < -0.39 is 17.0 Å². The van der Waals surface area contributed by atoms with Crippen molar-refractivity contribution in [1.82, 2.24) is 14.5 Å². The summed E-state index contributed by atoms with van der Waals surface area (Å²) in [5.41, 5.74) is -0.738. The number of aromatic nitrogens is 2. The molecule has 6 nitrogen and oxygen atoms in total. The van der Waals surface area contributed by atoms with Crippen LogP contribution in [0.25, 0.3) is 0 Å². The van der Waals surface area contributed by atoms with Crippen LogP contribution in [0.2, 0.25) is 0 Å². The van der Waals surface area contributed by atoms with Gasteiger partial charge in [-0.2, -0.15) is 0 Å². The molecule has 0 aliphatic carbocycles. The van der Waals surface area contributed by atoms with Crippen molar-refractivity contribution in [3.63, 3.8) is 0 Å². The summed E-state index contributed by atoms with van der Waals surface area (Å²) in [7, 11) is 3.54. The van der Waals surface area contributed by atoms with Crippen LogP contribution in [0.4, 0.5) is 0 Å². The minimum atomic E-state index is -0.643. The Labute approximate surface area is 105 Å². The quantitative estimate of drug-likeness (QED) is 0.609. The van der Waals surface area contributed by atoms with E-state index in [1.165, 1.54) is 10.6 Å². The minimum absolute atomic E-state index is 0.00884. The Morgan fingerprint density at radius 1 is 1.39 bits per heavy atom. The number of ketones is 1. The van der Waals surface area contributed by atoms with Gasteiger partial charge in [0.05, 0.1) is 0 Å². The van der Waals surface area contributed by atoms with Gasteiger partial charge in [0.15, 0.2) is 5.78 Å². The van der Waals surface area contributed by atoms with Gasteiger partial charge in [0, 0.05) is 38.6 Å². The number of rotatable bonds is 4. The lowest BCUT2D eigenvalue weighted by molar-refractivity contribution is 0.104. The summed E-state index contributed by atoms with van der Waals surface area (Å²) in [6, 6.07) is 0. The molecule has 0 spiro atoms. The SMILES string of the molecule is CCn1c(C)c(C(=O)C=CN(C)C)c(=O)[nH]c1=O. The van der Waals surface area contributed by atoms with E-state index in [2.05, 4.69) is 4.98 Å². The van der Waals surface area contributed by atoms with E-state index in [4.69, 9.17) is 0 Å². The van der Waals surface area contributed by atoms with E-state index in [1.807, 2.05) is 0 Å². The third kappa shape index (κ3) is 2.77. The molecule has 0 bridgehead atoms. The van der Waals surface area contributed by atoms with Gasteiger partial charge in [-0.15, -0.1) is 0 Å². The molecule has 18 heavy (non-hydrogen) atoms. The Morgan fingerprint density at radius 3 is 2.50 bits per heavy atom. The van der Waals surface area contributed by atoms with Crippen molar-refractivity contribution in [1.29, 1.82) is 0 Å². The zero-order valence-electron chi connectivity index (χ0n) is 11.0. The number of aromatic amines is 1. The van der Waals surface area contributed by atoms with Crippen molar-refractivity contribution >= 4 is 5.78 Å². The Hall–Kier alpha value is -2.11. The third-order valence-electron chi connectivity index (χ3n) is 2.55. The van der Waals surface area contributed by atoms with Crippen molar-refractivity contribution in [3.05, 3.63) is 44.4 Å². The molecule has 0 saturated heterocycles. The number of nitrogens with one attached hydrogen (secondary N) is 1. The van der Waals surface area contributed by atoms with Crippen LogP contribution in [-0.4, -0.2) is 34.3 Å². The van der Waals surface area contributed by atoms with Gasteiger partial charge < -0.3 is 4.90 Å². The predicted octanol–water partition coefficient (Wildman–Crippen LogP) is 0.123. The maximum atomic E-state index is 11.9. The van der Waals surface area contributed by atoms with Crippen molar-refractivity contribution in [2.24, 2.45) is 0 Å². The standard InChI is InChI=1S/C12H17N3O3/c1-5-15-8(2)10(11(17)13-12(15)18)9(16)6-7-14(3)4/h6-7H,5H2,1-4H3,(H,13,17,18). The van der Waals surface area contributed by atoms with Gasteiger partial charge in [-0.1, -0.05) is 0 Å². The Kier molecular flexibility index (Phi) is 4.25. The Morgan fingerprint density at radius 2 is 2.00 bits per heavy atom. The van der Waals surface area contributed by atoms with Gasteiger partial charge in [0.25, 0.3) is 5.56 Å². The van der Waals surface area contributed by atoms with Crippen LogP contribution in [-0.2, 0) is 6.54 Å². The maximum Gasteiger partial charge on any atom is 0.328 e. The summed E-state index contributed by atoms with van der Waals surface area (Å²) in [5, 5.41) is 0. The molecular formula is C12H17N3O3. The lowest BCUT2D eigenvalue weighted by Crippen LogP contribution is -2.35. The minimum Gasteiger partial charge on any atom is -0.383 e. The van der Waals surface area contributed by atoms with Gasteiger partial charge in [-0.3, -0.25) is 19.1 Å². The average Bonchev–Trinajstić information content (AvgIpc) is 2.26. The van der Waals surface area contributed by atoms with E-state index in [9.17, 15) is 14.4 Å². The summed E-state index contributed by atoms with van der Waals surface area (Å²) < 4.78 is 1.36. The molecule has 1 heterocycles. The highest BCUT2D eigenvalue weighted by Crippen LogP contribution is 2.02. The molecule has 0 aliphatic rings. The topological polar surface area (TPSA) is 75.2 Å². The number of nitrogens with zero attached hydrogens (tertiary/aromatic N) is 2. The fraction of sp³-hybridized carbons (Fsp3) is 0.417. The van der Waals surface area contributed by atoms with Crippen LogP contribution < -0.4 is 11.2 Å². The molecule has 0 amide bonds. The van der Waals surface area contributed by atoms with Crippen LogP contribution >= 0.6 is 0 Å². The van der Waals surface area contributed by atoms with E-state index in [0.29, 0.717) is 12.2 Å². The summed E-state index contributed by atoms with van der Waals surface area (Å²) in [5.74, 6) is -0.412. The molecule has 0 atom stereocenters. The molecule has 1 rings (SSSR count). The molecule has 1 N–H and O–H groups in total. The first kappa shape index (κ1) is 14.0. The fourth-order valence-corrected chi connectivity index (χ4v) is 1.65. The molecule has 0 saturated carbocycles. The first-order chi connectivity index (χ1) is 8.38. The zero-order valence-corrected chi connectivity index (χ0v) is 11.0. The highest BCUT2D eigenvalue weighted by Gasteiger charge is 2.15. The normalized spacial score (nSPS) is 10.9. The van der Waals surface area contributed by atoms with Crippen LogP contribution in [0.1, 0.15) is 23.0 Å². The summed E-state index contributed by atoms with van der Waals surface area (Å²) in [6.45, 7) is 3.77. The van der Waals surface area contributed by atoms with Crippen molar-refractivity contribution in [2.45, 2.75) is 20.4 Å². The molecule has 0 radical (unpaired) electrons. The van der Waals surface area contributed by atoms with E-state index >= 15 is 0 Å². The third-order valence-corrected chi connectivity index (χ3v) is 2.55. The van der Waals surface area contributed by atoms with Gasteiger partial charge in [-0.25, -0.2) is 4.79 Å². The second-order valence-electron chi connectivity index (χ2n) is 4.11. The Bertz CT molecular complexity index is 594. The zero-order chi connectivity index (χ0) is 13.9. The van der Waals surface area contributed by atoms with Crippen molar-refractivity contribution < 1.29 is 4.79 Å². The number of allylic oxidation sites excluding steroid dienone is 1. The van der Waals surface area contributed by atoms with Gasteiger partial charge in [0.2, 0.25) is 0 Å². The average molecular weight is 251 g/mol. The molecule has 1 aromatic rings. The molecule has 6 heteroatoms. The van der Waals surface area contributed by atoms with Crippen molar-refractivity contribution in [3.8, 4) is 0 Å². The number of carbonyl (C=O) groups excluding carboxylic acids is 1. The highest BCUT2D eigenvalue weighted by molar-refractivity contribution is 6.04. The van der Waals surface area contributed by atoms with Crippen LogP contribution in [0.15, 0.2) is 21.9 Å². The van der Waals surface area contributed by atoms with E-state index in [-0.39, 0.29) is 5.56 Å². The molecule has 0 fully saturated rings. The molecule has 0 aliphatic heterocycles. The molecule has 0 unspecified atom stereocenters. The smallest absolute Gasteiger partial charge is 0.328 e. The number of hydrogen-bond donors (Lipinski definition) is 1. The van der Waals surface area contributed by atoms with Crippen LogP contribution in [0.5, 0.6) is 0 Å². The van der Waals surface area contributed by atoms with Gasteiger partial charge in [-0.05, 0) is 13.8 Å². The van der Waals surface area contributed by atoms with E-state index in [0.717, 1.165) is 0 Å². The first-order valence-electron chi connectivity index (χ1n) is 5.61. The fourth-order valence-electron chi connectivity index (χ4n) is 1.65. The highest BCUT2D eigenvalue weighted by atomic mass is 16.2. The largest absolute Gasteiger partial charge is 0.383 e. The molecule has 1 aromatic heterocycles. The lowest BCUT2D eigenvalue weighted by Gasteiger charge is -2.09. The second kappa shape index (κ2) is 5.48. The van der Waals surface area contributed by atoms with Gasteiger partial charge in [0.1, 0.15) is 5.56 Å².